The third-order valence-corrected chi connectivity index (χ3v) is 3.31. The molecule has 0 bridgehead atoms. The summed E-state index contributed by atoms with van der Waals surface area (Å²) in [6, 6.07) is 0. The lowest BCUT2D eigenvalue weighted by molar-refractivity contribution is -0.152. The number of hydrogen-bond donors (Lipinski definition) is 1. The van der Waals surface area contributed by atoms with Crippen molar-refractivity contribution in [3.05, 3.63) is 25.3 Å². The normalized spacial score (nSPS) is 14.0. The topological polar surface area (TPSA) is 107 Å². The van der Waals surface area contributed by atoms with E-state index in [9.17, 15) is 18.0 Å². The molecule has 0 radical (unpaired) electrons. The SMILES string of the molecule is C=CCOC(=O)C(C)C(C(=O)OCC=C)S(=O)(=O)O. The predicted molar refractivity (Wildman–Crippen MR) is 66.8 cm³/mol. The Morgan fingerprint density at radius 1 is 1.16 bits per heavy atom. The molecular weight excluding hydrogens is 276 g/mol. The highest BCUT2D eigenvalue weighted by molar-refractivity contribution is 7.87. The zero-order valence-corrected chi connectivity index (χ0v) is 11.3. The van der Waals surface area contributed by atoms with Crippen molar-refractivity contribution in [1.29, 1.82) is 0 Å². The van der Waals surface area contributed by atoms with Crippen LogP contribution >= 0.6 is 0 Å². The van der Waals surface area contributed by atoms with E-state index in [4.69, 9.17) is 4.55 Å². The summed E-state index contributed by atoms with van der Waals surface area (Å²) in [5, 5.41) is -2.04. The molecule has 0 aliphatic rings. The fourth-order valence-corrected chi connectivity index (χ4v) is 2.14. The molecule has 0 fully saturated rings. The second-order valence-corrected chi connectivity index (χ2v) is 5.10. The molecular formula is C11H16O7S. The van der Waals surface area contributed by atoms with Crippen molar-refractivity contribution >= 4 is 22.1 Å². The lowest BCUT2D eigenvalue weighted by atomic mass is 10.1. The molecule has 2 unspecified atom stereocenters. The van der Waals surface area contributed by atoms with E-state index < -0.39 is 33.2 Å². The standard InChI is InChI=1S/C11H16O7S/c1-4-6-17-10(12)8(3)9(19(14,15)16)11(13)18-7-5-2/h4-5,8-9H,1-2,6-7H2,3H3,(H,14,15,16). The summed E-state index contributed by atoms with van der Waals surface area (Å²) in [6.07, 6.45) is 2.50. The van der Waals surface area contributed by atoms with Crippen LogP contribution in [0.15, 0.2) is 25.3 Å². The Bertz CT molecular complexity index is 452. The number of carbonyl (C=O) groups excluding carboxylic acids is 2. The lowest BCUT2D eigenvalue weighted by Gasteiger charge is -2.18. The largest absolute Gasteiger partial charge is 0.461 e. The number of rotatable bonds is 8. The van der Waals surface area contributed by atoms with Gasteiger partial charge >= 0.3 is 11.9 Å². The summed E-state index contributed by atoms with van der Waals surface area (Å²) in [5.74, 6) is -3.62. The van der Waals surface area contributed by atoms with Gasteiger partial charge in [-0.25, -0.2) is 0 Å². The first-order chi connectivity index (χ1) is 8.75. The van der Waals surface area contributed by atoms with Crippen molar-refractivity contribution in [3.63, 3.8) is 0 Å². The third-order valence-electron chi connectivity index (χ3n) is 2.07. The highest BCUT2D eigenvalue weighted by Crippen LogP contribution is 2.16. The van der Waals surface area contributed by atoms with Crippen molar-refractivity contribution in [1.82, 2.24) is 0 Å². The first-order valence-electron chi connectivity index (χ1n) is 5.27. The molecule has 0 saturated carbocycles. The Kier molecular flexibility index (Phi) is 7.02. The number of esters is 2. The molecule has 19 heavy (non-hydrogen) atoms. The van der Waals surface area contributed by atoms with Gasteiger partial charge in [-0.15, -0.1) is 0 Å². The lowest BCUT2D eigenvalue weighted by Crippen LogP contribution is -2.41. The first-order valence-corrected chi connectivity index (χ1v) is 6.77. The van der Waals surface area contributed by atoms with Crippen LogP contribution in [0.25, 0.3) is 0 Å². The maximum absolute atomic E-state index is 11.5. The molecule has 0 aromatic heterocycles. The van der Waals surface area contributed by atoms with Crippen LogP contribution in [0.2, 0.25) is 0 Å². The molecule has 0 heterocycles. The molecule has 0 aliphatic carbocycles. The van der Waals surface area contributed by atoms with E-state index in [0.717, 1.165) is 6.92 Å². The van der Waals surface area contributed by atoms with Gasteiger partial charge in [0, 0.05) is 0 Å². The Balaban J connectivity index is 5.05. The Morgan fingerprint density at radius 3 is 1.95 bits per heavy atom. The van der Waals surface area contributed by atoms with E-state index >= 15 is 0 Å². The van der Waals surface area contributed by atoms with Crippen LogP contribution < -0.4 is 0 Å². The molecule has 108 valence electrons. The van der Waals surface area contributed by atoms with Gasteiger partial charge in [-0.2, -0.15) is 8.42 Å². The van der Waals surface area contributed by atoms with E-state index in [2.05, 4.69) is 22.6 Å². The minimum Gasteiger partial charge on any atom is -0.461 e. The van der Waals surface area contributed by atoms with Gasteiger partial charge in [0.2, 0.25) is 0 Å². The molecule has 0 aromatic rings. The maximum Gasteiger partial charge on any atom is 0.328 e. The third kappa shape index (κ3) is 5.66. The highest BCUT2D eigenvalue weighted by Gasteiger charge is 2.42. The monoisotopic (exact) mass is 292 g/mol. The van der Waals surface area contributed by atoms with Crippen LogP contribution in [-0.2, 0) is 29.2 Å². The van der Waals surface area contributed by atoms with Gasteiger partial charge in [-0.3, -0.25) is 14.1 Å². The molecule has 2 atom stereocenters. The zero-order chi connectivity index (χ0) is 15.1. The van der Waals surface area contributed by atoms with Gasteiger partial charge in [0.25, 0.3) is 10.1 Å². The molecule has 8 heteroatoms. The summed E-state index contributed by atoms with van der Waals surface area (Å²) < 4.78 is 40.5. The van der Waals surface area contributed by atoms with E-state index in [-0.39, 0.29) is 13.2 Å². The van der Waals surface area contributed by atoms with Gasteiger partial charge < -0.3 is 9.47 Å². The summed E-state index contributed by atoms with van der Waals surface area (Å²) >= 11 is 0. The molecule has 0 saturated heterocycles. The smallest absolute Gasteiger partial charge is 0.328 e. The Hall–Kier alpha value is -1.67. The summed E-state index contributed by atoms with van der Waals surface area (Å²) in [5.41, 5.74) is 0. The number of carbonyl (C=O) groups is 2. The van der Waals surface area contributed by atoms with Gasteiger partial charge in [0.15, 0.2) is 5.25 Å². The van der Waals surface area contributed by atoms with E-state index in [1.807, 2.05) is 0 Å². The van der Waals surface area contributed by atoms with Gasteiger partial charge in [0.1, 0.15) is 13.2 Å². The Labute approximate surface area is 111 Å². The number of ether oxygens (including phenoxy) is 2. The fourth-order valence-electron chi connectivity index (χ4n) is 1.20. The van der Waals surface area contributed by atoms with Crippen LogP contribution in [0.3, 0.4) is 0 Å². The van der Waals surface area contributed by atoms with E-state index in [1.165, 1.54) is 12.2 Å². The second-order valence-electron chi connectivity index (χ2n) is 3.56. The zero-order valence-electron chi connectivity index (χ0n) is 10.4. The van der Waals surface area contributed by atoms with Crippen LogP contribution in [0.1, 0.15) is 6.92 Å². The minimum atomic E-state index is -4.80. The molecule has 0 aromatic carbocycles. The summed E-state index contributed by atoms with van der Waals surface area (Å²) in [7, 11) is -4.80. The van der Waals surface area contributed by atoms with Crippen LogP contribution in [-0.4, -0.2) is 43.4 Å². The summed E-state index contributed by atoms with van der Waals surface area (Å²) in [6.45, 7) is 7.36. The van der Waals surface area contributed by atoms with Crippen LogP contribution in [0, 0.1) is 5.92 Å². The Morgan fingerprint density at radius 2 is 1.58 bits per heavy atom. The fraction of sp³-hybridized carbons (Fsp3) is 0.455. The van der Waals surface area contributed by atoms with Crippen molar-refractivity contribution in [2.45, 2.75) is 12.2 Å². The summed E-state index contributed by atoms with van der Waals surface area (Å²) in [4.78, 5) is 23.0. The van der Waals surface area contributed by atoms with Crippen LogP contribution in [0.5, 0.6) is 0 Å². The highest BCUT2D eigenvalue weighted by atomic mass is 32.2. The van der Waals surface area contributed by atoms with Gasteiger partial charge in [0.05, 0.1) is 5.92 Å². The minimum absolute atomic E-state index is 0.136. The van der Waals surface area contributed by atoms with Crippen molar-refractivity contribution in [3.8, 4) is 0 Å². The number of hydrogen-bond acceptors (Lipinski definition) is 6. The van der Waals surface area contributed by atoms with Crippen molar-refractivity contribution < 1.29 is 32.0 Å². The average Bonchev–Trinajstić information content (AvgIpc) is 2.31. The predicted octanol–water partition coefficient (Wildman–Crippen LogP) is 0.337. The maximum atomic E-state index is 11.5. The van der Waals surface area contributed by atoms with Crippen molar-refractivity contribution in [2.24, 2.45) is 5.92 Å². The molecule has 1 N–H and O–H groups in total. The van der Waals surface area contributed by atoms with Crippen molar-refractivity contribution in [2.75, 3.05) is 13.2 Å². The molecule has 0 amide bonds. The second kappa shape index (κ2) is 7.70. The van der Waals surface area contributed by atoms with E-state index in [1.54, 1.807) is 0 Å². The van der Waals surface area contributed by atoms with Gasteiger partial charge in [-0.1, -0.05) is 25.3 Å². The average molecular weight is 292 g/mol. The molecule has 7 nitrogen and oxygen atoms in total. The van der Waals surface area contributed by atoms with Gasteiger partial charge in [-0.05, 0) is 6.92 Å². The molecule has 0 aliphatic heterocycles. The quantitative estimate of drug-likeness (QED) is 0.390. The first kappa shape index (κ1) is 17.3. The van der Waals surface area contributed by atoms with Crippen LogP contribution in [0.4, 0.5) is 0 Å². The van der Waals surface area contributed by atoms with E-state index in [0.29, 0.717) is 0 Å². The molecule has 0 rings (SSSR count). The molecule has 0 spiro atoms.